The molecule has 0 bridgehead atoms. The summed E-state index contributed by atoms with van der Waals surface area (Å²) in [6, 6.07) is 0. The summed E-state index contributed by atoms with van der Waals surface area (Å²) in [6.07, 6.45) is 1.79. The van der Waals surface area contributed by atoms with E-state index in [4.69, 9.17) is 0 Å². The van der Waals surface area contributed by atoms with Crippen LogP contribution in [0.15, 0.2) is 0 Å². The zero-order chi connectivity index (χ0) is 8.11. The molecule has 1 atom stereocenters. The van der Waals surface area contributed by atoms with Crippen LogP contribution in [0.5, 0.6) is 0 Å². The Balaban J connectivity index is 2.06. The van der Waals surface area contributed by atoms with Crippen LogP contribution in [0, 0.1) is 5.41 Å². The first kappa shape index (κ1) is 7.47. The zero-order valence-corrected chi connectivity index (χ0v) is 6.74. The predicted octanol–water partition coefficient (Wildman–Crippen LogP) is 1.74. The van der Waals surface area contributed by atoms with Crippen molar-refractivity contribution in [1.29, 1.82) is 0 Å². The van der Waals surface area contributed by atoms with Gasteiger partial charge in [0.2, 0.25) is 0 Å². The highest BCUT2D eigenvalue weighted by Crippen LogP contribution is 2.64. The second-order valence-electron chi connectivity index (χ2n) is 4.00. The third-order valence-electron chi connectivity index (χ3n) is 2.98. The summed E-state index contributed by atoms with van der Waals surface area (Å²) in [5.74, 6) is -2.35. The van der Waals surface area contributed by atoms with Crippen molar-refractivity contribution in [2.75, 3.05) is 20.1 Å². The van der Waals surface area contributed by atoms with Gasteiger partial charge in [0.1, 0.15) is 0 Å². The van der Waals surface area contributed by atoms with Gasteiger partial charge in [0, 0.05) is 13.0 Å². The third-order valence-corrected chi connectivity index (χ3v) is 2.98. The second-order valence-corrected chi connectivity index (χ2v) is 4.00. The van der Waals surface area contributed by atoms with Gasteiger partial charge >= 0.3 is 0 Å². The van der Waals surface area contributed by atoms with Crippen molar-refractivity contribution < 1.29 is 8.78 Å². The molecule has 1 aliphatic heterocycles. The van der Waals surface area contributed by atoms with E-state index < -0.39 is 11.3 Å². The first-order valence-electron chi connectivity index (χ1n) is 4.12. The minimum atomic E-state index is -2.35. The fourth-order valence-electron chi connectivity index (χ4n) is 2.19. The van der Waals surface area contributed by atoms with Crippen LogP contribution in [-0.2, 0) is 0 Å². The van der Waals surface area contributed by atoms with Gasteiger partial charge < -0.3 is 4.90 Å². The Bertz CT molecular complexity index is 181. The molecule has 11 heavy (non-hydrogen) atoms. The number of alkyl halides is 2. The number of hydrogen-bond donors (Lipinski definition) is 0. The number of halogens is 2. The summed E-state index contributed by atoms with van der Waals surface area (Å²) in [4.78, 5) is 2.02. The van der Waals surface area contributed by atoms with E-state index in [9.17, 15) is 8.78 Å². The Hall–Kier alpha value is -0.180. The van der Waals surface area contributed by atoms with Crippen LogP contribution in [0.4, 0.5) is 8.78 Å². The fourth-order valence-corrected chi connectivity index (χ4v) is 2.19. The van der Waals surface area contributed by atoms with Crippen molar-refractivity contribution in [3.63, 3.8) is 0 Å². The second kappa shape index (κ2) is 1.94. The van der Waals surface area contributed by atoms with E-state index >= 15 is 0 Å². The van der Waals surface area contributed by atoms with Gasteiger partial charge in [-0.1, -0.05) is 0 Å². The molecule has 1 aliphatic carbocycles. The molecule has 0 N–H and O–H groups in total. The number of rotatable bonds is 0. The largest absolute Gasteiger partial charge is 0.306 e. The van der Waals surface area contributed by atoms with E-state index in [0.717, 1.165) is 19.4 Å². The molecule has 3 heteroatoms. The molecule has 2 fully saturated rings. The monoisotopic (exact) mass is 161 g/mol. The maximum Gasteiger partial charge on any atom is 0.255 e. The third kappa shape index (κ3) is 0.975. The average Bonchev–Trinajstić information content (AvgIpc) is 2.32. The summed E-state index contributed by atoms with van der Waals surface area (Å²) < 4.78 is 25.6. The predicted molar refractivity (Wildman–Crippen MR) is 38.7 cm³/mol. The number of piperidine rings is 1. The minimum absolute atomic E-state index is 0.129. The Kier molecular flexibility index (Phi) is 1.32. The highest BCUT2D eigenvalue weighted by atomic mass is 19.3. The van der Waals surface area contributed by atoms with Crippen molar-refractivity contribution >= 4 is 0 Å². The molecule has 0 amide bonds. The summed E-state index contributed by atoms with van der Waals surface area (Å²) in [6.45, 7) is 1.58. The van der Waals surface area contributed by atoms with Crippen molar-refractivity contribution in [3.05, 3.63) is 0 Å². The lowest BCUT2D eigenvalue weighted by Gasteiger charge is -2.29. The molecule has 0 aromatic heterocycles. The maximum absolute atomic E-state index is 12.8. The van der Waals surface area contributed by atoms with Crippen molar-refractivity contribution in [1.82, 2.24) is 4.90 Å². The molecule has 2 aliphatic rings. The average molecular weight is 161 g/mol. The molecule has 1 spiro atoms. The maximum atomic E-state index is 12.8. The molecule has 1 saturated heterocycles. The molecule has 1 saturated carbocycles. The fraction of sp³-hybridized carbons (Fsp3) is 1.00. The number of nitrogens with zero attached hydrogens (tertiary/aromatic N) is 1. The normalized spacial score (nSPS) is 42.8. The Morgan fingerprint density at radius 3 is 2.36 bits per heavy atom. The van der Waals surface area contributed by atoms with E-state index in [1.165, 1.54) is 0 Å². The summed E-state index contributed by atoms with van der Waals surface area (Å²) in [5.41, 5.74) is -0.611. The van der Waals surface area contributed by atoms with E-state index in [2.05, 4.69) is 0 Å². The van der Waals surface area contributed by atoms with Gasteiger partial charge in [-0.2, -0.15) is 0 Å². The molecular formula is C8H13F2N. The molecule has 64 valence electrons. The van der Waals surface area contributed by atoms with Crippen molar-refractivity contribution in [2.45, 2.75) is 25.2 Å². The summed E-state index contributed by atoms with van der Waals surface area (Å²) in [5, 5.41) is 0. The lowest BCUT2D eigenvalue weighted by Crippen LogP contribution is -2.36. The minimum Gasteiger partial charge on any atom is -0.306 e. The lowest BCUT2D eigenvalue weighted by atomic mass is 9.95. The van der Waals surface area contributed by atoms with Gasteiger partial charge in [-0.25, -0.2) is 8.78 Å². The zero-order valence-electron chi connectivity index (χ0n) is 6.74. The molecule has 1 nitrogen and oxygen atoms in total. The lowest BCUT2D eigenvalue weighted by molar-refractivity contribution is 0.0310. The van der Waals surface area contributed by atoms with Crippen LogP contribution in [0.25, 0.3) is 0 Å². The Morgan fingerprint density at radius 2 is 2.00 bits per heavy atom. The molecule has 2 rings (SSSR count). The van der Waals surface area contributed by atoms with Crippen molar-refractivity contribution in [3.8, 4) is 0 Å². The van der Waals surface area contributed by atoms with E-state index in [0.29, 0.717) is 6.54 Å². The van der Waals surface area contributed by atoms with E-state index in [1.54, 1.807) is 0 Å². The molecule has 0 radical (unpaired) electrons. The molecule has 0 aromatic rings. The van der Waals surface area contributed by atoms with E-state index in [-0.39, 0.29) is 6.42 Å². The number of hydrogen-bond acceptors (Lipinski definition) is 1. The van der Waals surface area contributed by atoms with Crippen molar-refractivity contribution in [2.24, 2.45) is 5.41 Å². The Labute approximate surface area is 65.4 Å². The van der Waals surface area contributed by atoms with Gasteiger partial charge in [0.25, 0.3) is 5.92 Å². The topological polar surface area (TPSA) is 3.24 Å². The van der Waals surface area contributed by atoms with E-state index in [1.807, 2.05) is 11.9 Å². The van der Waals surface area contributed by atoms with Crippen LogP contribution in [0.2, 0.25) is 0 Å². The highest BCUT2D eigenvalue weighted by Gasteiger charge is 2.70. The van der Waals surface area contributed by atoms with Crippen LogP contribution in [-0.4, -0.2) is 31.0 Å². The van der Waals surface area contributed by atoms with Crippen LogP contribution >= 0.6 is 0 Å². The quantitative estimate of drug-likeness (QED) is 0.523. The Morgan fingerprint density at radius 1 is 1.36 bits per heavy atom. The van der Waals surface area contributed by atoms with Crippen LogP contribution < -0.4 is 0 Å². The first-order chi connectivity index (χ1) is 5.06. The SMILES string of the molecule is CN1CCC[C@]2(C1)CC2(F)F. The smallest absolute Gasteiger partial charge is 0.255 e. The summed E-state index contributed by atoms with van der Waals surface area (Å²) in [7, 11) is 1.93. The molecule has 0 aromatic carbocycles. The highest BCUT2D eigenvalue weighted by molar-refractivity contribution is 5.12. The molecule has 0 unspecified atom stereocenters. The molecular weight excluding hydrogens is 148 g/mol. The van der Waals surface area contributed by atoms with Gasteiger partial charge in [0.05, 0.1) is 5.41 Å². The standard InChI is InChI=1S/C8H13F2N/c1-11-4-2-3-7(6-11)5-8(7,9)10/h2-6H2,1H3/t7-/m1/s1. The van der Waals surface area contributed by atoms with Crippen LogP contribution in [0.3, 0.4) is 0 Å². The van der Waals surface area contributed by atoms with Gasteiger partial charge in [-0.15, -0.1) is 0 Å². The number of likely N-dealkylation sites (tertiary alicyclic amines) is 1. The molecule has 1 heterocycles. The summed E-state index contributed by atoms with van der Waals surface area (Å²) >= 11 is 0. The van der Waals surface area contributed by atoms with Gasteiger partial charge in [-0.3, -0.25) is 0 Å². The van der Waals surface area contributed by atoms with Gasteiger partial charge in [0.15, 0.2) is 0 Å². The van der Waals surface area contributed by atoms with Crippen LogP contribution in [0.1, 0.15) is 19.3 Å². The first-order valence-corrected chi connectivity index (χ1v) is 4.12. The van der Waals surface area contributed by atoms with Gasteiger partial charge in [-0.05, 0) is 26.4 Å².